The number of aliphatic hydroxyl groups is 5. The first kappa shape index (κ1) is 57.2. The summed E-state index contributed by atoms with van der Waals surface area (Å²) in [4.78, 5) is 32.7. The van der Waals surface area contributed by atoms with E-state index in [4.69, 9.17) is 47.4 Å². The van der Waals surface area contributed by atoms with Gasteiger partial charge in [0.1, 0.15) is 47.8 Å². The van der Waals surface area contributed by atoms with E-state index in [1.165, 1.54) is 18.2 Å². The number of carbonyl (C=O) groups is 2. The number of aromatic hydroxyl groups is 3. The molecule has 22 unspecified atom stereocenters. The van der Waals surface area contributed by atoms with Gasteiger partial charge in [-0.15, -0.1) is 0 Å². The van der Waals surface area contributed by atoms with Crippen LogP contribution in [-0.2, 0) is 47.4 Å². The summed E-state index contributed by atoms with van der Waals surface area (Å²) in [6, 6.07) is 3.16. The highest BCUT2D eigenvalue weighted by Gasteiger charge is 2.55. The molecule has 0 aromatic heterocycles. The first-order chi connectivity index (χ1) is 35.9. The van der Waals surface area contributed by atoms with Crippen molar-refractivity contribution in [3.05, 3.63) is 51.6 Å². The van der Waals surface area contributed by atoms with Gasteiger partial charge < -0.3 is 98.0 Å². The molecule has 7 aliphatic rings. The predicted molar refractivity (Wildman–Crippen MR) is 265 cm³/mol. The predicted octanol–water partition coefficient (Wildman–Crippen LogP) is 2.76. The SMILES string of the molecule is CCC1(O)CC(OC2CC(N(C)C)C(OC3CC(O)C(OC4CCC(O)C(C)O4)C(C)O3)C(C)O2)c2c(O)c3c(c(O)c2C1OC1CC(N(C)C)C(OC2CC(O)C(O)C(C)O2)C(C)O1)C(=O)c1cccc(O)c1C3=O. The summed E-state index contributed by atoms with van der Waals surface area (Å²) in [5.41, 5.74) is -3.85. The monoisotopic (exact) mass is 1070 g/mol. The average molecular weight is 1080 g/mol. The summed E-state index contributed by atoms with van der Waals surface area (Å²) in [6.07, 6.45) is -14.9. The molecule has 22 atom stereocenters. The second-order valence-electron chi connectivity index (χ2n) is 22.4. The smallest absolute Gasteiger partial charge is 0.202 e. The standard InChI is InChI=1S/C54H78N2O20/c1-11-54(66)21-34(72-36-17-28(55(7)8)50(24(4)69-36)75-39-20-33(60)52(26(6)71-39)73-35-16-15-30(57)22(2)67-35)41-44(49(65)42-43(48(41)64)47(63)40-27(46(42)62)13-12-14-31(40)58)53(54)76-37-18-29(56(9)10)51(25(5)70-37)74-38-19-32(59)45(61)23(3)68-38/h12-14,22-26,28-30,32-39,45,50-53,57-61,64-66H,11,15-21H2,1-10H3. The highest BCUT2D eigenvalue weighted by molar-refractivity contribution is 6.31. The van der Waals surface area contributed by atoms with Crippen LogP contribution >= 0.6 is 0 Å². The number of aliphatic hydroxyl groups excluding tert-OH is 4. The molecular weight excluding hydrogens is 997 g/mol. The summed E-state index contributed by atoms with van der Waals surface area (Å²) in [5, 5.41) is 91.3. The number of ether oxygens (including phenoxy) is 10. The topological polar surface area (TPSA) is 295 Å². The number of hydrogen-bond donors (Lipinski definition) is 8. The van der Waals surface area contributed by atoms with Crippen molar-refractivity contribution in [1.82, 2.24) is 9.80 Å². The number of fused-ring (bicyclic) bond motifs is 3. The molecule has 0 bridgehead atoms. The molecule has 0 saturated carbocycles. The van der Waals surface area contributed by atoms with Crippen LogP contribution in [0.2, 0.25) is 0 Å². The number of nitrogens with zero attached hydrogens (tertiary/aromatic N) is 2. The zero-order valence-electron chi connectivity index (χ0n) is 44.9. The highest BCUT2D eigenvalue weighted by Crippen LogP contribution is 2.58. The van der Waals surface area contributed by atoms with Crippen LogP contribution in [0.3, 0.4) is 0 Å². The van der Waals surface area contributed by atoms with Crippen molar-refractivity contribution < 1.29 is 97.8 Å². The van der Waals surface area contributed by atoms with Crippen molar-refractivity contribution in [2.24, 2.45) is 0 Å². The minimum Gasteiger partial charge on any atom is -0.507 e. The Morgan fingerprint density at radius 3 is 1.62 bits per heavy atom. The molecule has 5 aliphatic heterocycles. The molecule has 2 aliphatic carbocycles. The van der Waals surface area contributed by atoms with Crippen molar-refractivity contribution in [2.75, 3.05) is 28.2 Å². The summed E-state index contributed by atoms with van der Waals surface area (Å²) >= 11 is 0. The molecule has 0 amide bonds. The van der Waals surface area contributed by atoms with Gasteiger partial charge in [-0.3, -0.25) is 9.59 Å². The molecular formula is C54H78N2O20. The first-order valence-electron chi connectivity index (χ1n) is 26.8. The van der Waals surface area contributed by atoms with Crippen LogP contribution in [0.25, 0.3) is 0 Å². The van der Waals surface area contributed by atoms with E-state index in [-0.39, 0.29) is 60.8 Å². The quantitative estimate of drug-likeness (QED) is 0.114. The number of likely N-dealkylation sites (N-methyl/N-ethyl adjacent to an activating group) is 2. The van der Waals surface area contributed by atoms with Gasteiger partial charge in [-0.05, 0) is 81.7 Å². The van der Waals surface area contributed by atoms with Gasteiger partial charge in [0.15, 0.2) is 37.2 Å². The van der Waals surface area contributed by atoms with Crippen LogP contribution in [0.15, 0.2) is 18.2 Å². The molecule has 8 N–H and O–H groups in total. The zero-order chi connectivity index (χ0) is 55.0. The third-order valence-corrected chi connectivity index (χ3v) is 16.8. The molecule has 5 fully saturated rings. The van der Waals surface area contributed by atoms with Gasteiger partial charge in [-0.2, -0.15) is 0 Å². The number of ketones is 2. The molecule has 5 saturated heterocycles. The number of rotatable bonds is 13. The lowest BCUT2D eigenvalue weighted by molar-refractivity contribution is -0.330. The zero-order valence-corrected chi connectivity index (χ0v) is 44.9. The average Bonchev–Trinajstić information content (AvgIpc) is 3.35. The molecule has 0 radical (unpaired) electrons. The highest BCUT2D eigenvalue weighted by atomic mass is 16.7. The van der Waals surface area contributed by atoms with E-state index in [1.54, 1.807) is 41.5 Å². The fraction of sp³-hybridized carbons (Fsp3) is 0.741. The van der Waals surface area contributed by atoms with Crippen molar-refractivity contribution in [3.63, 3.8) is 0 Å². The Hall–Kier alpha value is -3.50. The van der Waals surface area contributed by atoms with E-state index >= 15 is 0 Å². The number of phenolic OH excluding ortho intramolecular Hbond substituents is 3. The molecule has 2 aromatic carbocycles. The second-order valence-corrected chi connectivity index (χ2v) is 22.4. The Morgan fingerprint density at radius 2 is 1.07 bits per heavy atom. The largest absolute Gasteiger partial charge is 0.507 e. The lowest BCUT2D eigenvalue weighted by atomic mass is 9.70. The van der Waals surface area contributed by atoms with Crippen LogP contribution in [0.5, 0.6) is 17.2 Å². The van der Waals surface area contributed by atoms with E-state index in [9.17, 15) is 50.4 Å². The first-order valence-corrected chi connectivity index (χ1v) is 26.8. The molecule has 22 heteroatoms. The van der Waals surface area contributed by atoms with Crippen molar-refractivity contribution in [2.45, 2.75) is 227 Å². The summed E-state index contributed by atoms with van der Waals surface area (Å²) < 4.78 is 63.9. The molecule has 2 aromatic rings. The Bertz CT molecular complexity index is 2400. The van der Waals surface area contributed by atoms with Crippen LogP contribution in [-0.4, -0.2) is 213 Å². The number of phenols is 3. The minimum absolute atomic E-state index is 0.0000129. The molecule has 0 spiro atoms. The Labute approximate surface area is 442 Å². The van der Waals surface area contributed by atoms with Crippen molar-refractivity contribution in [3.8, 4) is 17.2 Å². The number of carbonyl (C=O) groups excluding carboxylic acids is 2. The van der Waals surface area contributed by atoms with Gasteiger partial charge in [0, 0.05) is 67.3 Å². The number of hydrogen-bond acceptors (Lipinski definition) is 22. The maximum atomic E-state index is 14.4. The van der Waals surface area contributed by atoms with Crippen molar-refractivity contribution >= 4 is 11.6 Å². The van der Waals surface area contributed by atoms with Gasteiger partial charge in [-0.25, -0.2) is 0 Å². The molecule has 9 rings (SSSR count). The Morgan fingerprint density at radius 1 is 0.566 bits per heavy atom. The molecule has 424 valence electrons. The van der Waals surface area contributed by atoms with Gasteiger partial charge in [0.25, 0.3) is 0 Å². The normalized spacial score (nSPS) is 41.9. The molecule has 76 heavy (non-hydrogen) atoms. The molecule has 22 nitrogen and oxygen atoms in total. The maximum Gasteiger partial charge on any atom is 0.202 e. The van der Waals surface area contributed by atoms with Crippen LogP contribution in [0.1, 0.15) is 148 Å². The minimum atomic E-state index is -1.89. The third-order valence-electron chi connectivity index (χ3n) is 16.8. The van der Waals surface area contributed by atoms with E-state index in [0.717, 1.165) is 0 Å². The summed E-state index contributed by atoms with van der Waals surface area (Å²) in [7, 11) is 7.42. The van der Waals surface area contributed by atoms with Gasteiger partial charge in [0.2, 0.25) is 5.78 Å². The van der Waals surface area contributed by atoms with Crippen LogP contribution in [0, 0.1) is 0 Å². The summed E-state index contributed by atoms with van der Waals surface area (Å²) in [5.74, 6) is -3.70. The van der Waals surface area contributed by atoms with E-state index in [1.807, 2.05) is 38.0 Å². The lowest BCUT2D eigenvalue weighted by Crippen LogP contribution is -2.58. The van der Waals surface area contributed by atoms with Gasteiger partial charge >= 0.3 is 0 Å². The van der Waals surface area contributed by atoms with Crippen LogP contribution < -0.4 is 0 Å². The van der Waals surface area contributed by atoms with E-state index in [0.29, 0.717) is 12.8 Å². The maximum absolute atomic E-state index is 14.4. The fourth-order valence-electron chi connectivity index (χ4n) is 12.4. The molecule has 5 heterocycles. The van der Waals surface area contributed by atoms with E-state index < -0.39 is 175 Å². The lowest BCUT2D eigenvalue weighted by Gasteiger charge is -2.50. The fourth-order valence-corrected chi connectivity index (χ4v) is 12.4. The Kier molecular flexibility index (Phi) is 17.0. The van der Waals surface area contributed by atoms with Crippen molar-refractivity contribution in [1.29, 1.82) is 0 Å². The van der Waals surface area contributed by atoms with Crippen LogP contribution in [0.4, 0.5) is 0 Å². The number of benzene rings is 2. The summed E-state index contributed by atoms with van der Waals surface area (Å²) in [6.45, 7) is 10.5. The van der Waals surface area contributed by atoms with Gasteiger partial charge in [0.05, 0.1) is 77.2 Å². The van der Waals surface area contributed by atoms with E-state index in [2.05, 4.69) is 0 Å². The Balaban J connectivity index is 0.997. The second kappa shape index (κ2) is 22.6. The third kappa shape index (κ3) is 10.8. The van der Waals surface area contributed by atoms with Gasteiger partial charge in [-0.1, -0.05) is 19.1 Å².